The highest BCUT2D eigenvalue weighted by atomic mass is 32.2. The fraction of sp³-hybridized carbons (Fsp3) is 0.278. The van der Waals surface area contributed by atoms with Crippen LogP contribution in [0.25, 0.3) is 0 Å². The van der Waals surface area contributed by atoms with Crippen LogP contribution in [-0.4, -0.2) is 54.7 Å². The number of aromatic nitrogens is 1. The molecule has 0 aliphatic carbocycles. The molecule has 7 nitrogen and oxygen atoms in total. The summed E-state index contributed by atoms with van der Waals surface area (Å²) in [6.07, 6.45) is 0.379. The van der Waals surface area contributed by atoms with Crippen LogP contribution in [0.2, 0.25) is 0 Å². The van der Waals surface area contributed by atoms with Crippen LogP contribution >= 0.6 is 0 Å². The van der Waals surface area contributed by atoms with Gasteiger partial charge in [0.15, 0.2) is 9.84 Å². The van der Waals surface area contributed by atoms with Gasteiger partial charge in [-0.15, -0.1) is 0 Å². The predicted octanol–water partition coefficient (Wildman–Crippen LogP) is 1.73. The highest BCUT2D eigenvalue weighted by Gasteiger charge is 2.33. The van der Waals surface area contributed by atoms with Crippen LogP contribution in [0.3, 0.4) is 0 Å². The van der Waals surface area contributed by atoms with Crippen LogP contribution in [0, 0.1) is 5.82 Å². The van der Waals surface area contributed by atoms with Crippen molar-refractivity contribution in [3.63, 3.8) is 0 Å². The molecule has 2 amide bonds. The van der Waals surface area contributed by atoms with Gasteiger partial charge in [-0.3, -0.25) is 9.59 Å². The zero-order valence-corrected chi connectivity index (χ0v) is 15.4. The summed E-state index contributed by atoms with van der Waals surface area (Å²) >= 11 is 0. The number of nitrogens with one attached hydrogen (secondary N) is 1. The summed E-state index contributed by atoms with van der Waals surface area (Å²) in [4.78, 5) is 30.3. The van der Waals surface area contributed by atoms with Gasteiger partial charge in [0.2, 0.25) is 0 Å². The summed E-state index contributed by atoms with van der Waals surface area (Å²) in [6.45, 7) is 0. The molecule has 1 aromatic carbocycles. The number of carbonyl (C=O) groups excluding carboxylic acids is 2. The standard InChI is InChI=1S/C18H18FN3O4S/c1-22(14-8-9-27(25,26)11-14)18(24)16-7-3-6-15(21-16)17(23)20-13-5-2-4-12(19)10-13/h2-7,10,14H,8-9,11H2,1H3,(H,20,23). The Morgan fingerprint density at radius 3 is 2.56 bits per heavy atom. The zero-order chi connectivity index (χ0) is 19.6. The van der Waals surface area contributed by atoms with E-state index in [0.717, 1.165) is 0 Å². The summed E-state index contributed by atoms with van der Waals surface area (Å²) in [6, 6.07) is 9.42. The molecule has 2 aromatic rings. The second-order valence-corrected chi connectivity index (χ2v) is 8.57. The van der Waals surface area contributed by atoms with Gasteiger partial charge >= 0.3 is 0 Å². The van der Waals surface area contributed by atoms with Crippen LogP contribution in [-0.2, 0) is 9.84 Å². The van der Waals surface area contributed by atoms with Crippen molar-refractivity contribution in [2.75, 3.05) is 23.9 Å². The number of anilines is 1. The average Bonchev–Trinajstić information content (AvgIpc) is 3.00. The van der Waals surface area contributed by atoms with Crippen LogP contribution in [0.5, 0.6) is 0 Å². The molecule has 1 aliphatic rings. The molecule has 1 aliphatic heterocycles. The largest absolute Gasteiger partial charge is 0.336 e. The molecule has 0 saturated carbocycles. The first-order valence-corrected chi connectivity index (χ1v) is 10.1. The summed E-state index contributed by atoms with van der Waals surface area (Å²) < 4.78 is 36.4. The molecule has 142 valence electrons. The third-order valence-electron chi connectivity index (χ3n) is 4.36. The highest BCUT2D eigenvalue weighted by molar-refractivity contribution is 7.91. The zero-order valence-electron chi connectivity index (χ0n) is 14.6. The third kappa shape index (κ3) is 4.48. The molecular formula is C18H18FN3O4S. The van der Waals surface area contributed by atoms with Gasteiger partial charge in [-0.25, -0.2) is 17.8 Å². The third-order valence-corrected chi connectivity index (χ3v) is 6.11. The molecule has 0 bridgehead atoms. The molecule has 27 heavy (non-hydrogen) atoms. The molecule has 3 rings (SSSR count). The Kier molecular flexibility index (Phi) is 5.22. The molecule has 1 atom stereocenters. The maximum atomic E-state index is 13.2. The number of nitrogens with zero attached hydrogens (tertiary/aromatic N) is 2. The molecule has 9 heteroatoms. The number of hydrogen-bond acceptors (Lipinski definition) is 5. The molecular weight excluding hydrogens is 373 g/mol. The molecule has 1 fully saturated rings. The lowest BCUT2D eigenvalue weighted by molar-refractivity contribution is 0.0741. The quantitative estimate of drug-likeness (QED) is 0.856. The monoisotopic (exact) mass is 391 g/mol. The van der Waals surface area contributed by atoms with E-state index in [1.807, 2.05) is 0 Å². The van der Waals surface area contributed by atoms with E-state index < -0.39 is 33.5 Å². The number of amides is 2. The topological polar surface area (TPSA) is 96.4 Å². The second kappa shape index (κ2) is 7.43. The van der Waals surface area contributed by atoms with Gasteiger partial charge in [-0.1, -0.05) is 12.1 Å². The maximum Gasteiger partial charge on any atom is 0.274 e. The summed E-state index contributed by atoms with van der Waals surface area (Å²) in [7, 11) is -1.60. The SMILES string of the molecule is CN(C(=O)c1cccc(C(=O)Nc2cccc(F)c2)n1)C1CCS(=O)(=O)C1. The molecule has 1 saturated heterocycles. The Morgan fingerprint density at radius 1 is 1.19 bits per heavy atom. The van der Waals surface area contributed by atoms with Gasteiger partial charge in [0.25, 0.3) is 11.8 Å². The number of benzene rings is 1. The summed E-state index contributed by atoms with van der Waals surface area (Å²) in [5.41, 5.74) is 0.304. The van der Waals surface area contributed by atoms with E-state index in [0.29, 0.717) is 6.42 Å². The Hall–Kier alpha value is -2.81. The number of pyridine rings is 1. The Bertz CT molecular complexity index is 994. The van der Waals surface area contributed by atoms with E-state index in [1.165, 1.54) is 54.4 Å². The fourth-order valence-electron chi connectivity index (χ4n) is 2.87. The van der Waals surface area contributed by atoms with Gasteiger partial charge in [0, 0.05) is 18.8 Å². The predicted molar refractivity (Wildman–Crippen MR) is 97.7 cm³/mol. The van der Waals surface area contributed by atoms with Gasteiger partial charge in [0.1, 0.15) is 17.2 Å². The number of sulfone groups is 1. The number of halogens is 1. The minimum absolute atomic E-state index is 0.00226. The lowest BCUT2D eigenvalue weighted by Crippen LogP contribution is -2.38. The van der Waals surface area contributed by atoms with Crippen molar-refractivity contribution in [1.82, 2.24) is 9.88 Å². The molecule has 1 N–H and O–H groups in total. The number of rotatable bonds is 4. The fourth-order valence-corrected chi connectivity index (χ4v) is 4.64. The van der Waals surface area contributed by atoms with Crippen molar-refractivity contribution < 1.29 is 22.4 Å². The van der Waals surface area contributed by atoms with Gasteiger partial charge in [-0.2, -0.15) is 0 Å². The van der Waals surface area contributed by atoms with Gasteiger partial charge in [0.05, 0.1) is 11.5 Å². The Balaban J connectivity index is 1.74. The van der Waals surface area contributed by atoms with Gasteiger partial charge < -0.3 is 10.2 Å². The van der Waals surface area contributed by atoms with E-state index in [-0.39, 0.29) is 28.6 Å². The van der Waals surface area contributed by atoms with Crippen LogP contribution in [0.4, 0.5) is 10.1 Å². The molecule has 0 spiro atoms. The van der Waals surface area contributed by atoms with Crippen LogP contribution < -0.4 is 5.32 Å². The Morgan fingerprint density at radius 2 is 1.89 bits per heavy atom. The van der Waals surface area contributed by atoms with Crippen molar-refractivity contribution in [3.8, 4) is 0 Å². The molecule has 0 radical (unpaired) electrons. The van der Waals surface area contributed by atoms with E-state index in [4.69, 9.17) is 0 Å². The smallest absolute Gasteiger partial charge is 0.274 e. The van der Waals surface area contributed by atoms with Gasteiger partial charge in [-0.05, 0) is 36.8 Å². The van der Waals surface area contributed by atoms with E-state index in [2.05, 4.69) is 10.3 Å². The minimum Gasteiger partial charge on any atom is -0.336 e. The van der Waals surface area contributed by atoms with E-state index in [9.17, 15) is 22.4 Å². The van der Waals surface area contributed by atoms with Crippen molar-refractivity contribution in [2.45, 2.75) is 12.5 Å². The minimum atomic E-state index is -3.12. The molecule has 1 unspecified atom stereocenters. The van der Waals surface area contributed by atoms with Crippen LogP contribution in [0.1, 0.15) is 27.4 Å². The molecule has 2 heterocycles. The second-order valence-electron chi connectivity index (χ2n) is 6.35. The first-order chi connectivity index (χ1) is 12.7. The van der Waals surface area contributed by atoms with Crippen molar-refractivity contribution in [1.29, 1.82) is 0 Å². The summed E-state index contributed by atoms with van der Waals surface area (Å²) in [5.74, 6) is -1.55. The first-order valence-electron chi connectivity index (χ1n) is 8.27. The first kappa shape index (κ1) is 19.0. The highest BCUT2D eigenvalue weighted by Crippen LogP contribution is 2.18. The van der Waals surface area contributed by atoms with E-state index >= 15 is 0 Å². The van der Waals surface area contributed by atoms with Crippen molar-refractivity contribution in [2.24, 2.45) is 0 Å². The lowest BCUT2D eigenvalue weighted by atomic mass is 10.2. The van der Waals surface area contributed by atoms with Crippen molar-refractivity contribution >= 4 is 27.3 Å². The number of carbonyl (C=O) groups is 2. The average molecular weight is 391 g/mol. The maximum absolute atomic E-state index is 13.2. The molecule has 1 aromatic heterocycles. The van der Waals surface area contributed by atoms with Crippen molar-refractivity contribution in [3.05, 3.63) is 59.7 Å². The summed E-state index contributed by atoms with van der Waals surface area (Å²) in [5, 5.41) is 2.51. The van der Waals surface area contributed by atoms with E-state index in [1.54, 1.807) is 0 Å². The van der Waals surface area contributed by atoms with Crippen LogP contribution in [0.15, 0.2) is 42.5 Å². The Labute approximate surface area is 156 Å². The normalized spacial score (nSPS) is 18.1. The lowest BCUT2D eigenvalue weighted by Gasteiger charge is -2.23. The number of hydrogen-bond donors (Lipinski definition) is 1.